The molecule has 1 amide bonds. The molecule has 26 heavy (non-hydrogen) atoms. The van der Waals surface area contributed by atoms with Crippen molar-refractivity contribution in [1.82, 2.24) is 14.9 Å². The second kappa shape index (κ2) is 6.85. The molecule has 3 aromatic rings. The second-order valence-corrected chi connectivity index (χ2v) is 7.91. The highest BCUT2D eigenvalue weighted by Gasteiger charge is 2.34. The van der Waals surface area contributed by atoms with Gasteiger partial charge in [0, 0.05) is 36.6 Å². The summed E-state index contributed by atoms with van der Waals surface area (Å²) >= 11 is 7.63. The monoisotopic (exact) mass is 386 g/mol. The van der Waals surface area contributed by atoms with Crippen LogP contribution in [0, 0.1) is 0 Å². The van der Waals surface area contributed by atoms with Gasteiger partial charge in [0.05, 0.1) is 5.39 Å². The van der Waals surface area contributed by atoms with Crippen molar-refractivity contribution in [3.63, 3.8) is 0 Å². The predicted molar refractivity (Wildman–Crippen MR) is 107 cm³/mol. The lowest BCUT2D eigenvalue weighted by molar-refractivity contribution is -0.129. The highest BCUT2D eigenvalue weighted by molar-refractivity contribution is 7.17. The first-order chi connectivity index (χ1) is 12.6. The third kappa shape index (κ3) is 2.93. The van der Waals surface area contributed by atoms with Gasteiger partial charge in [-0.05, 0) is 30.5 Å². The Bertz CT molecular complexity index is 954. The number of anilines is 1. The molecular weight excluding hydrogens is 368 g/mol. The van der Waals surface area contributed by atoms with Crippen molar-refractivity contribution in [3.8, 4) is 11.1 Å². The number of thiophene rings is 1. The van der Waals surface area contributed by atoms with Crippen LogP contribution in [-0.4, -0.2) is 47.5 Å². The summed E-state index contributed by atoms with van der Waals surface area (Å²) in [6, 6.07) is 7.62. The molecular formula is C19H19ClN4OS. The smallest absolute Gasteiger partial charge is 0.244 e. The normalized spacial score (nSPS) is 17.0. The summed E-state index contributed by atoms with van der Waals surface area (Å²) in [5.41, 5.74) is 2.16. The van der Waals surface area contributed by atoms with E-state index in [0.717, 1.165) is 46.5 Å². The van der Waals surface area contributed by atoms with Gasteiger partial charge in [-0.1, -0.05) is 23.7 Å². The first-order valence-corrected chi connectivity index (χ1v) is 9.78. The molecule has 134 valence electrons. The van der Waals surface area contributed by atoms with Crippen LogP contribution in [0.15, 0.2) is 36.0 Å². The van der Waals surface area contributed by atoms with Crippen molar-refractivity contribution in [2.24, 2.45) is 0 Å². The summed E-state index contributed by atoms with van der Waals surface area (Å²) in [5.74, 6) is 0.969. The molecule has 1 aliphatic rings. The van der Waals surface area contributed by atoms with Crippen LogP contribution < -0.4 is 4.90 Å². The van der Waals surface area contributed by atoms with Crippen LogP contribution in [0.25, 0.3) is 21.3 Å². The van der Waals surface area contributed by atoms with Crippen LogP contribution in [0.5, 0.6) is 0 Å². The SMILES string of the molecule is CN(C)C(=O)C1CCCN1c1ncnc2scc(-c3ccc(Cl)cc3)c12. The van der Waals surface area contributed by atoms with E-state index in [2.05, 4.69) is 20.2 Å². The van der Waals surface area contributed by atoms with E-state index in [0.29, 0.717) is 5.02 Å². The fourth-order valence-corrected chi connectivity index (χ4v) is 4.53. The number of hydrogen-bond donors (Lipinski definition) is 0. The van der Waals surface area contributed by atoms with Gasteiger partial charge in [0.15, 0.2) is 0 Å². The molecule has 3 heterocycles. The van der Waals surface area contributed by atoms with Crippen molar-refractivity contribution < 1.29 is 4.79 Å². The topological polar surface area (TPSA) is 49.3 Å². The lowest BCUT2D eigenvalue weighted by Gasteiger charge is -2.27. The Kier molecular flexibility index (Phi) is 4.54. The number of halogens is 1. The molecule has 1 unspecified atom stereocenters. The molecule has 4 rings (SSSR count). The lowest BCUT2D eigenvalue weighted by Crippen LogP contribution is -2.43. The molecule has 0 N–H and O–H groups in total. The maximum Gasteiger partial charge on any atom is 0.244 e. The fraction of sp³-hybridized carbons (Fsp3) is 0.316. The minimum atomic E-state index is -0.166. The summed E-state index contributed by atoms with van der Waals surface area (Å²) in [6.45, 7) is 0.826. The molecule has 7 heteroatoms. The van der Waals surface area contributed by atoms with E-state index in [4.69, 9.17) is 11.6 Å². The molecule has 0 spiro atoms. The molecule has 1 saturated heterocycles. The van der Waals surface area contributed by atoms with E-state index in [-0.39, 0.29) is 11.9 Å². The van der Waals surface area contributed by atoms with Gasteiger partial charge < -0.3 is 9.80 Å². The summed E-state index contributed by atoms with van der Waals surface area (Å²) in [4.78, 5) is 26.4. The minimum Gasteiger partial charge on any atom is -0.347 e. The van der Waals surface area contributed by atoms with Crippen molar-refractivity contribution in [2.75, 3.05) is 25.5 Å². The number of nitrogens with zero attached hydrogens (tertiary/aromatic N) is 4. The van der Waals surface area contributed by atoms with Crippen LogP contribution in [0.2, 0.25) is 5.02 Å². The van der Waals surface area contributed by atoms with E-state index >= 15 is 0 Å². The average Bonchev–Trinajstić information content (AvgIpc) is 3.28. The largest absolute Gasteiger partial charge is 0.347 e. The van der Waals surface area contributed by atoms with Gasteiger partial charge in [-0.15, -0.1) is 11.3 Å². The molecule has 0 radical (unpaired) electrons. The number of fused-ring (bicyclic) bond motifs is 1. The number of carbonyl (C=O) groups is 1. The molecule has 1 atom stereocenters. The van der Waals surface area contributed by atoms with Crippen LogP contribution >= 0.6 is 22.9 Å². The zero-order valence-electron chi connectivity index (χ0n) is 14.6. The van der Waals surface area contributed by atoms with Crippen LogP contribution in [-0.2, 0) is 4.79 Å². The predicted octanol–water partition coefficient (Wildman–Crippen LogP) is 4.07. The van der Waals surface area contributed by atoms with Gasteiger partial charge in [-0.3, -0.25) is 4.79 Å². The average molecular weight is 387 g/mol. The molecule has 1 fully saturated rings. The Hall–Kier alpha value is -2.18. The molecule has 0 saturated carbocycles. The Morgan fingerprint density at radius 3 is 2.77 bits per heavy atom. The summed E-state index contributed by atoms with van der Waals surface area (Å²) in [7, 11) is 3.61. The number of amides is 1. The summed E-state index contributed by atoms with van der Waals surface area (Å²) in [6.07, 6.45) is 3.43. The number of aromatic nitrogens is 2. The Balaban J connectivity index is 1.84. The summed E-state index contributed by atoms with van der Waals surface area (Å²) < 4.78 is 0. The zero-order chi connectivity index (χ0) is 18.3. The molecule has 0 aliphatic carbocycles. The number of rotatable bonds is 3. The van der Waals surface area contributed by atoms with Crippen molar-refractivity contribution in [1.29, 1.82) is 0 Å². The third-order valence-corrected chi connectivity index (χ3v) is 5.89. The van der Waals surface area contributed by atoms with Crippen molar-refractivity contribution in [2.45, 2.75) is 18.9 Å². The van der Waals surface area contributed by atoms with Crippen LogP contribution in [0.4, 0.5) is 5.82 Å². The second-order valence-electron chi connectivity index (χ2n) is 6.62. The van der Waals surface area contributed by atoms with E-state index in [1.807, 2.05) is 24.3 Å². The third-order valence-electron chi connectivity index (χ3n) is 4.76. The molecule has 5 nitrogen and oxygen atoms in total. The number of carbonyl (C=O) groups excluding carboxylic acids is 1. The number of likely N-dealkylation sites (N-methyl/N-ethyl adjacent to an activating group) is 1. The molecule has 0 bridgehead atoms. The van der Waals surface area contributed by atoms with E-state index < -0.39 is 0 Å². The minimum absolute atomic E-state index is 0.123. The van der Waals surface area contributed by atoms with Gasteiger partial charge in [0.1, 0.15) is 23.0 Å². The van der Waals surface area contributed by atoms with Crippen molar-refractivity contribution in [3.05, 3.63) is 41.0 Å². The highest BCUT2D eigenvalue weighted by Crippen LogP contribution is 2.40. The molecule has 2 aromatic heterocycles. The highest BCUT2D eigenvalue weighted by atomic mass is 35.5. The van der Waals surface area contributed by atoms with E-state index in [1.165, 1.54) is 0 Å². The molecule has 1 aromatic carbocycles. The van der Waals surface area contributed by atoms with Gasteiger partial charge >= 0.3 is 0 Å². The maximum atomic E-state index is 12.6. The number of hydrogen-bond acceptors (Lipinski definition) is 5. The standard InChI is InChI=1S/C19H19ClN4OS/c1-23(2)19(25)15-4-3-9-24(15)17-16-14(10-26-18(16)22-11-21-17)12-5-7-13(20)8-6-12/h5-8,10-11,15H,3-4,9H2,1-2H3. The number of benzene rings is 1. The first-order valence-electron chi connectivity index (χ1n) is 8.52. The summed E-state index contributed by atoms with van der Waals surface area (Å²) in [5, 5.41) is 3.82. The first kappa shape index (κ1) is 17.2. The van der Waals surface area contributed by atoms with Gasteiger partial charge in [-0.2, -0.15) is 0 Å². The van der Waals surface area contributed by atoms with Crippen LogP contribution in [0.3, 0.4) is 0 Å². The fourth-order valence-electron chi connectivity index (χ4n) is 3.49. The Labute approximate surface area is 161 Å². The van der Waals surface area contributed by atoms with Gasteiger partial charge in [-0.25, -0.2) is 9.97 Å². The Morgan fingerprint density at radius 2 is 2.04 bits per heavy atom. The van der Waals surface area contributed by atoms with Gasteiger partial charge in [0.25, 0.3) is 0 Å². The maximum absolute atomic E-state index is 12.6. The molecule has 1 aliphatic heterocycles. The van der Waals surface area contributed by atoms with Crippen molar-refractivity contribution >= 4 is 44.9 Å². The lowest BCUT2D eigenvalue weighted by atomic mass is 10.1. The quantitative estimate of drug-likeness (QED) is 0.680. The zero-order valence-corrected chi connectivity index (χ0v) is 16.2. The van der Waals surface area contributed by atoms with E-state index in [1.54, 1.807) is 36.7 Å². The van der Waals surface area contributed by atoms with Gasteiger partial charge in [0.2, 0.25) is 5.91 Å². The van der Waals surface area contributed by atoms with Crippen LogP contribution in [0.1, 0.15) is 12.8 Å². The Morgan fingerprint density at radius 1 is 1.27 bits per heavy atom. The van der Waals surface area contributed by atoms with E-state index in [9.17, 15) is 4.79 Å².